The molecule has 8 nitrogen and oxygen atoms in total. The molecule has 1 heterocycles. The zero-order valence-corrected chi connectivity index (χ0v) is 23.6. The van der Waals surface area contributed by atoms with Gasteiger partial charge in [0.15, 0.2) is 0 Å². The Labute approximate surface area is 233 Å². The van der Waals surface area contributed by atoms with Crippen molar-refractivity contribution in [2.75, 3.05) is 18.0 Å². The van der Waals surface area contributed by atoms with E-state index in [1.807, 2.05) is 45.0 Å². The number of carbonyl (C=O) groups is 1. The van der Waals surface area contributed by atoms with Crippen LogP contribution in [0.25, 0.3) is 5.69 Å². The molecule has 0 fully saturated rings. The van der Waals surface area contributed by atoms with Crippen LogP contribution in [0.1, 0.15) is 22.5 Å². The number of nitrogens with one attached hydrogen (secondary N) is 1. The van der Waals surface area contributed by atoms with Crippen molar-refractivity contribution in [1.29, 1.82) is 0 Å². The number of ether oxygens (including phenoxy) is 1. The van der Waals surface area contributed by atoms with Crippen molar-refractivity contribution in [2.45, 2.75) is 25.7 Å². The van der Waals surface area contributed by atoms with Crippen LogP contribution in [0.2, 0.25) is 5.02 Å². The molecule has 0 aliphatic rings. The summed E-state index contributed by atoms with van der Waals surface area (Å²) in [7, 11) is -2.73. The van der Waals surface area contributed by atoms with Crippen molar-refractivity contribution in [3.63, 3.8) is 0 Å². The van der Waals surface area contributed by atoms with Gasteiger partial charge in [-0.3, -0.25) is 9.10 Å². The Balaban J connectivity index is 1.60. The second kappa shape index (κ2) is 11.8. The van der Waals surface area contributed by atoms with Gasteiger partial charge < -0.3 is 9.30 Å². The van der Waals surface area contributed by atoms with E-state index >= 15 is 0 Å². The van der Waals surface area contributed by atoms with Crippen LogP contribution in [0.15, 0.2) is 88.9 Å². The average Bonchev–Trinajstić information content (AvgIpc) is 3.20. The highest BCUT2D eigenvalue weighted by Gasteiger charge is 2.29. The van der Waals surface area contributed by atoms with E-state index in [0.717, 1.165) is 32.5 Å². The van der Waals surface area contributed by atoms with Gasteiger partial charge in [0.05, 0.1) is 23.9 Å². The molecule has 202 valence electrons. The third-order valence-electron chi connectivity index (χ3n) is 6.15. The van der Waals surface area contributed by atoms with Gasteiger partial charge in [-0.05, 0) is 74.9 Å². The maximum Gasteiger partial charge on any atom is 0.264 e. The number of anilines is 1. The molecule has 0 unspecified atom stereocenters. The normalized spacial score (nSPS) is 11.5. The molecule has 0 spiro atoms. The second-order valence-corrected chi connectivity index (χ2v) is 11.2. The second-order valence-electron chi connectivity index (χ2n) is 8.93. The van der Waals surface area contributed by atoms with Crippen LogP contribution in [-0.2, 0) is 14.8 Å². The van der Waals surface area contributed by atoms with Gasteiger partial charge in [0.1, 0.15) is 12.3 Å². The van der Waals surface area contributed by atoms with Gasteiger partial charge in [0.2, 0.25) is 0 Å². The number of aryl methyl sites for hydroxylation is 2. The number of rotatable bonds is 9. The number of methoxy groups -OCH3 is 1. The van der Waals surface area contributed by atoms with Crippen LogP contribution in [0, 0.1) is 20.8 Å². The highest BCUT2D eigenvalue weighted by Crippen LogP contribution is 2.34. The largest absolute Gasteiger partial charge is 0.495 e. The number of hydrogen-bond donors (Lipinski definition) is 1. The lowest BCUT2D eigenvalue weighted by molar-refractivity contribution is -0.119. The molecule has 4 aromatic rings. The van der Waals surface area contributed by atoms with E-state index in [-0.39, 0.29) is 16.3 Å². The lowest BCUT2D eigenvalue weighted by Gasteiger charge is -2.25. The smallest absolute Gasteiger partial charge is 0.264 e. The van der Waals surface area contributed by atoms with E-state index in [0.29, 0.717) is 5.02 Å². The van der Waals surface area contributed by atoms with Crippen molar-refractivity contribution in [1.82, 2.24) is 9.99 Å². The summed E-state index contributed by atoms with van der Waals surface area (Å²) in [6.45, 7) is 5.46. The molecule has 1 N–H and O–H groups in total. The quantitative estimate of drug-likeness (QED) is 0.217. The van der Waals surface area contributed by atoms with E-state index in [2.05, 4.69) is 21.2 Å². The van der Waals surface area contributed by atoms with Crippen LogP contribution in [-0.4, -0.2) is 38.8 Å². The monoisotopic (exact) mass is 564 g/mol. The molecule has 0 aliphatic carbocycles. The molecule has 1 aromatic heterocycles. The Bertz CT molecular complexity index is 1630. The standard InChI is InChI=1S/C29H29ClN4O4S/c1-20-9-8-10-25(15-20)34-21(2)16-23(22(34)3)18-31-32-29(35)19-33(27-17-24(30)13-14-28(27)38-4)39(36,37)26-11-6-5-7-12-26/h5-18H,19H2,1-4H3,(H,32,35)/b31-18-. The molecule has 3 aromatic carbocycles. The van der Waals surface area contributed by atoms with Gasteiger partial charge in [-0.15, -0.1) is 0 Å². The Morgan fingerprint density at radius 1 is 1.03 bits per heavy atom. The highest BCUT2D eigenvalue weighted by molar-refractivity contribution is 7.92. The summed E-state index contributed by atoms with van der Waals surface area (Å²) in [5.41, 5.74) is 7.55. The number of aromatic nitrogens is 1. The number of hydrazone groups is 1. The van der Waals surface area contributed by atoms with Gasteiger partial charge >= 0.3 is 0 Å². The fourth-order valence-electron chi connectivity index (χ4n) is 4.30. The minimum atomic E-state index is -4.14. The number of benzene rings is 3. The molecular weight excluding hydrogens is 536 g/mol. The summed E-state index contributed by atoms with van der Waals surface area (Å²) < 4.78 is 35.6. The van der Waals surface area contributed by atoms with Crippen molar-refractivity contribution in [3.8, 4) is 11.4 Å². The van der Waals surface area contributed by atoms with E-state index in [4.69, 9.17) is 16.3 Å². The van der Waals surface area contributed by atoms with Crippen LogP contribution in [0.5, 0.6) is 5.75 Å². The van der Waals surface area contributed by atoms with Gasteiger partial charge in [-0.2, -0.15) is 5.10 Å². The Kier molecular flexibility index (Phi) is 8.42. The topological polar surface area (TPSA) is 93.0 Å². The molecule has 0 radical (unpaired) electrons. The fourth-order valence-corrected chi connectivity index (χ4v) is 5.91. The first-order valence-corrected chi connectivity index (χ1v) is 13.9. The summed E-state index contributed by atoms with van der Waals surface area (Å²) >= 11 is 6.18. The number of sulfonamides is 1. The van der Waals surface area contributed by atoms with Crippen molar-refractivity contribution in [3.05, 3.63) is 106 Å². The summed E-state index contributed by atoms with van der Waals surface area (Å²) in [6.07, 6.45) is 1.54. The predicted molar refractivity (Wildman–Crippen MR) is 155 cm³/mol. The molecule has 1 amide bonds. The van der Waals surface area contributed by atoms with Crippen molar-refractivity contribution in [2.24, 2.45) is 5.10 Å². The van der Waals surface area contributed by atoms with Gasteiger partial charge in [0, 0.05) is 27.7 Å². The van der Waals surface area contributed by atoms with E-state index < -0.39 is 22.5 Å². The lowest BCUT2D eigenvalue weighted by Crippen LogP contribution is -2.39. The van der Waals surface area contributed by atoms with Crippen LogP contribution in [0.3, 0.4) is 0 Å². The first kappa shape index (κ1) is 27.9. The van der Waals surface area contributed by atoms with Gasteiger partial charge in [-0.1, -0.05) is 41.9 Å². The molecular formula is C29H29ClN4O4S. The van der Waals surface area contributed by atoms with E-state index in [1.54, 1.807) is 36.5 Å². The first-order chi connectivity index (χ1) is 18.6. The summed E-state index contributed by atoms with van der Waals surface area (Å²) in [5, 5.41) is 4.41. The zero-order chi connectivity index (χ0) is 28.2. The number of halogens is 1. The van der Waals surface area contributed by atoms with Gasteiger partial charge in [0.25, 0.3) is 15.9 Å². The minimum absolute atomic E-state index is 0.0203. The molecule has 0 saturated heterocycles. The van der Waals surface area contributed by atoms with E-state index in [1.165, 1.54) is 25.3 Å². The summed E-state index contributed by atoms with van der Waals surface area (Å²) in [4.78, 5) is 13.0. The molecule has 0 aliphatic heterocycles. The minimum Gasteiger partial charge on any atom is -0.495 e. The Morgan fingerprint density at radius 2 is 1.77 bits per heavy atom. The van der Waals surface area contributed by atoms with Crippen molar-refractivity contribution >= 4 is 39.4 Å². The third-order valence-corrected chi connectivity index (χ3v) is 8.16. The van der Waals surface area contributed by atoms with Gasteiger partial charge in [-0.25, -0.2) is 13.8 Å². The number of amides is 1. The fraction of sp³-hybridized carbons (Fsp3) is 0.172. The Morgan fingerprint density at radius 3 is 2.46 bits per heavy atom. The molecule has 0 atom stereocenters. The molecule has 0 bridgehead atoms. The summed E-state index contributed by atoms with van der Waals surface area (Å²) in [5.74, 6) is -0.390. The maximum absolute atomic E-state index is 13.6. The highest BCUT2D eigenvalue weighted by atomic mass is 35.5. The van der Waals surface area contributed by atoms with Crippen LogP contribution < -0.4 is 14.5 Å². The maximum atomic E-state index is 13.6. The third kappa shape index (κ3) is 6.16. The van der Waals surface area contributed by atoms with Crippen LogP contribution >= 0.6 is 11.6 Å². The average molecular weight is 565 g/mol. The lowest BCUT2D eigenvalue weighted by atomic mass is 10.2. The number of carbonyl (C=O) groups excluding carboxylic acids is 1. The SMILES string of the molecule is COc1ccc(Cl)cc1N(CC(=O)N/N=C\c1cc(C)n(-c2cccc(C)c2)c1C)S(=O)(=O)c1ccccc1. The van der Waals surface area contributed by atoms with E-state index in [9.17, 15) is 13.2 Å². The van der Waals surface area contributed by atoms with Crippen LogP contribution in [0.4, 0.5) is 5.69 Å². The first-order valence-electron chi connectivity index (χ1n) is 12.1. The number of hydrogen-bond acceptors (Lipinski definition) is 5. The molecule has 0 saturated carbocycles. The Hall–Kier alpha value is -4.08. The molecule has 10 heteroatoms. The molecule has 39 heavy (non-hydrogen) atoms. The summed E-state index contributed by atoms with van der Waals surface area (Å²) in [6, 6.07) is 22.5. The predicted octanol–water partition coefficient (Wildman–Crippen LogP) is 5.41. The van der Waals surface area contributed by atoms with Crippen molar-refractivity contribution < 1.29 is 17.9 Å². The zero-order valence-electron chi connectivity index (χ0n) is 22.1. The number of nitrogens with zero attached hydrogens (tertiary/aromatic N) is 3. The molecule has 4 rings (SSSR count).